The molecular weight excluding hydrogens is 202 g/mol. The van der Waals surface area contributed by atoms with Gasteiger partial charge in [-0.05, 0) is 33.2 Å². The average molecular weight is 231 g/mol. The van der Waals surface area contributed by atoms with Crippen molar-refractivity contribution in [3.63, 3.8) is 0 Å². The second-order valence-electron chi connectivity index (χ2n) is 4.08. The third-order valence-corrected chi connectivity index (χ3v) is 2.42. The monoisotopic (exact) mass is 231 g/mol. The molecule has 1 fully saturated rings. The Kier molecular flexibility index (Phi) is 11.3. The molecule has 1 rings (SSSR count). The molecule has 98 valence electrons. The first kappa shape index (κ1) is 15.9. The molecule has 0 atom stereocenters. The maximum Gasteiger partial charge on any atom is 0.0594 e. The van der Waals surface area contributed by atoms with Crippen molar-refractivity contribution >= 4 is 0 Å². The summed E-state index contributed by atoms with van der Waals surface area (Å²) in [7, 11) is 0. The summed E-state index contributed by atoms with van der Waals surface area (Å²) in [6.45, 7) is 14.3. The number of hydrogen-bond acceptors (Lipinski definition) is 3. The van der Waals surface area contributed by atoms with E-state index < -0.39 is 0 Å². The first-order valence-electron chi connectivity index (χ1n) is 6.71. The van der Waals surface area contributed by atoms with Crippen LogP contribution in [0.4, 0.5) is 0 Å². The molecule has 0 N–H and O–H groups in total. The minimum Gasteiger partial charge on any atom is -0.379 e. The maximum absolute atomic E-state index is 5.49. The molecule has 0 aromatic heterocycles. The summed E-state index contributed by atoms with van der Waals surface area (Å²) in [5.74, 6) is 0. The maximum atomic E-state index is 5.49. The molecule has 16 heavy (non-hydrogen) atoms. The highest BCUT2D eigenvalue weighted by molar-refractivity contribution is 4.61. The van der Waals surface area contributed by atoms with Crippen LogP contribution in [0.1, 0.15) is 40.5 Å². The van der Waals surface area contributed by atoms with Crippen LogP contribution < -0.4 is 0 Å². The number of nitrogens with zero attached hydrogens (tertiary/aromatic N) is 1. The van der Waals surface area contributed by atoms with Gasteiger partial charge in [0.15, 0.2) is 0 Å². The third-order valence-electron chi connectivity index (χ3n) is 2.42. The van der Waals surface area contributed by atoms with E-state index in [2.05, 4.69) is 18.7 Å². The predicted molar refractivity (Wildman–Crippen MR) is 68.9 cm³/mol. The first-order valence-corrected chi connectivity index (χ1v) is 6.71. The predicted octanol–water partition coefficient (Wildman–Crippen LogP) is 2.55. The molecule has 1 heterocycles. The summed E-state index contributed by atoms with van der Waals surface area (Å²) in [4.78, 5) is 2.47. The number of ether oxygens (including phenoxy) is 2. The lowest BCUT2D eigenvalue weighted by Crippen LogP contribution is -2.36. The molecule has 3 heteroatoms. The molecule has 0 aliphatic carbocycles. The van der Waals surface area contributed by atoms with E-state index in [4.69, 9.17) is 9.47 Å². The van der Waals surface area contributed by atoms with E-state index in [0.29, 0.717) is 6.10 Å². The van der Waals surface area contributed by atoms with E-state index in [-0.39, 0.29) is 0 Å². The fourth-order valence-corrected chi connectivity index (χ4v) is 1.58. The molecule has 0 amide bonds. The Morgan fingerprint density at radius 3 is 2.31 bits per heavy atom. The van der Waals surface area contributed by atoms with Crippen molar-refractivity contribution in [1.29, 1.82) is 0 Å². The van der Waals surface area contributed by atoms with Crippen molar-refractivity contribution in [2.45, 2.75) is 46.6 Å². The molecule has 1 aliphatic heterocycles. The van der Waals surface area contributed by atoms with Gasteiger partial charge in [0.1, 0.15) is 0 Å². The van der Waals surface area contributed by atoms with Crippen LogP contribution in [0.2, 0.25) is 0 Å². The minimum absolute atomic E-state index is 0.374. The van der Waals surface area contributed by atoms with Crippen molar-refractivity contribution in [1.82, 2.24) is 4.90 Å². The summed E-state index contributed by atoms with van der Waals surface area (Å²) in [6.07, 6.45) is 2.79. The molecule has 0 aromatic carbocycles. The van der Waals surface area contributed by atoms with Gasteiger partial charge in [-0.25, -0.2) is 0 Å². The van der Waals surface area contributed by atoms with Gasteiger partial charge in [-0.15, -0.1) is 0 Å². The highest BCUT2D eigenvalue weighted by Gasteiger charge is 2.08. The van der Waals surface area contributed by atoms with Crippen LogP contribution in [0.5, 0.6) is 0 Å². The van der Waals surface area contributed by atoms with Crippen molar-refractivity contribution in [2.24, 2.45) is 0 Å². The highest BCUT2D eigenvalue weighted by Crippen LogP contribution is 2.01. The van der Waals surface area contributed by atoms with Gasteiger partial charge < -0.3 is 9.47 Å². The molecule has 0 saturated carbocycles. The van der Waals surface area contributed by atoms with Crippen molar-refractivity contribution in [3.05, 3.63) is 0 Å². The van der Waals surface area contributed by atoms with Crippen LogP contribution in [0.15, 0.2) is 0 Å². The van der Waals surface area contributed by atoms with Gasteiger partial charge in [-0.2, -0.15) is 0 Å². The highest BCUT2D eigenvalue weighted by atomic mass is 16.5. The number of morpholine rings is 1. The first-order chi connectivity index (χ1) is 7.79. The van der Waals surface area contributed by atoms with Gasteiger partial charge in [0, 0.05) is 19.7 Å². The summed E-state index contributed by atoms with van der Waals surface area (Å²) in [5, 5.41) is 0. The van der Waals surface area contributed by atoms with Crippen LogP contribution >= 0.6 is 0 Å². The molecule has 0 radical (unpaired) electrons. The Balaban J connectivity index is 0.00000106. The molecule has 3 nitrogen and oxygen atoms in total. The Hall–Kier alpha value is -0.120. The lowest BCUT2D eigenvalue weighted by molar-refractivity contribution is 0.0338. The van der Waals surface area contributed by atoms with Crippen molar-refractivity contribution in [3.8, 4) is 0 Å². The Bertz CT molecular complexity index is 134. The van der Waals surface area contributed by atoms with Gasteiger partial charge in [-0.1, -0.05) is 13.8 Å². The SMILES string of the molecule is CC.CC(C)OCCCCN1CCOCC1. The fourth-order valence-electron chi connectivity index (χ4n) is 1.58. The molecule has 0 aromatic rings. The fraction of sp³-hybridized carbons (Fsp3) is 1.00. The van der Waals surface area contributed by atoms with Gasteiger partial charge >= 0.3 is 0 Å². The number of unbranched alkanes of at least 4 members (excludes halogenated alkanes) is 1. The van der Waals surface area contributed by atoms with Gasteiger partial charge in [0.25, 0.3) is 0 Å². The molecule has 1 aliphatic rings. The zero-order chi connectivity index (χ0) is 12.2. The second kappa shape index (κ2) is 11.4. The Morgan fingerprint density at radius 1 is 1.12 bits per heavy atom. The van der Waals surface area contributed by atoms with Gasteiger partial charge in [0.2, 0.25) is 0 Å². The average Bonchev–Trinajstić information content (AvgIpc) is 2.32. The van der Waals surface area contributed by atoms with Crippen LogP contribution in [-0.2, 0) is 9.47 Å². The van der Waals surface area contributed by atoms with Gasteiger partial charge in [-0.3, -0.25) is 4.90 Å². The second-order valence-corrected chi connectivity index (χ2v) is 4.08. The van der Waals surface area contributed by atoms with E-state index in [9.17, 15) is 0 Å². The Morgan fingerprint density at radius 2 is 1.75 bits per heavy atom. The molecule has 0 bridgehead atoms. The molecular formula is C13H29NO2. The summed E-state index contributed by atoms with van der Waals surface area (Å²) in [5.41, 5.74) is 0. The zero-order valence-corrected chi connectivity index (χ0v) is 11.5. The van der Waals surface area contributed by atoms with Crippen LogP contribution in [0, 0.1) is 0 Å². The molecule has 0 spiro atoms. The summed E-state index contributed by atoms with van der Waals surface area (Å²) < 4.78 is 10.8. The normalized spacial score (nSPS) is 17.1. The lowest BCUT2D eigenvalue weighted by Gasteiger charge is -2.26. The van der Waals surface area contributed by atoms with E-state index in [1.807, 2.05) is 13.8 Å². The smallest absolute Gasteiger partial charge is 0.0594 e. The largest absolute Gasteiger partial charge is 0.379 e. The summed E-state index contributed by atoms with van der Waals surface area (Å²) in [6, 6.07) is 0. The summed E-state index contributed by atoms with van der Waals surface area (Å²) >= 11 is 0. The zero-order valence-electron chi connectivity index (χ0n) is 11.5. The number of hydrogen-bond donors (Lipinski definition) is 0. The van der Waals surface area contributed by atoms with Crippen molar-refractivity contribution < 1.29 is 9.47 Å². The quantitative estimate of drug-likeness (QED) is 0.656. The Labute approximate surface area is 101 Å². The van der Waals surface area contributed by atoms with Crippen molar-refractivity contribution in [2.75, 3.05) is 39.5 Å². The van der Waals surface area contributed by atoms with Gasteiger partial charge in [0.05, 0.1) is 19.3 Å². The van der Waals surface area contributed by atoms with Crippen LogP contribution in [0.3, 0.4) is 0 Å². The van der Waals surface area contributed by atoms with E-state index in [1.165, 1.54) is 19.4 Å². The van der Waals surface area contributed by atoms with Crippen LogP contribution in [-0.4, -0.2) is 50.5 Å². The van der Waals surface area contributed by atoms with E-state index in [0.717, 1.165) is 32.9 Å². The minimum atomic E-state index is 0.374. The molecule has 0 unspecified atom stereocenters. The van der Waals surface area contributed by atoms with E-state index in [1.54, 1.807) is 0 Å². The lowest BCUT2D eigenvalue weighted by atomic mass is 10.3. The standard InChI is InChI=1S/C11H23NO2.C2H6/c1-11(2)14-8-4-3-5-12-6-9-13-10-7-12;1-2/h11H,3-10H2,1-2H3;1-2H3. The molecule has 1 saturated heterocycles. The topological polar surface area (TPSA) is 21.7 Å². The third kappa shape index (κ3) is 9.13. The number of rotatable bonds is 6. The van der Waals surface area contributed by atoms with E-state index >= 15 is 0 Å². The van der Waals surface area contributed by atoms with Crippen LogP contribution in [0.25, 0.3) is 0 Å².